The number of benzene rings is 2. The maximum atomic E-state index is 12.7. The third kappa shape index (κ3) is 2.60. The highest BCUT2D eigenvalue weighted by atomic mass is 32.1. The normalized spacial score (nSPS) is 18.1. The molecule has 4 aromatic rings. The lowest BCUT2D eigenvalue weighted by Gasteiger charge is -2.22. The van der Waals surface area contributed by atoms with Crippen LogP contribution in [0.3, 0.4) is 0 Å². The second-order valence-electron chi connectivity index (χ2n) is 6.54. The van der Waals surface area contributed by atoms with Crippen LogP contribution >= 0.6 is 11.3 Å². The topological polar surface area (TPSA) is 63.9 Å². The van der Waals surface area contributed by atoms with Crippen LogP contribution in [0.25, 0.3) is 21.1 Å². The van der Waals surface area contributed by atoms with Gasteiger partial charge in [-0.15, -0.1) is 16.4 Å². The minimum Gasteiger partial charge on any atom is -0.275 e. The highest BCUT2D eigenvalue weighted by Crippen LogP contribution is 2.36. The predicted molar refractivity (Wildman–Crippen MR) is 102 cm³/mol. The number of fused-ring (bicyclic) bond motifs is 2. The molecule has 26 heavy (non-hydrogen) atoms. The molecule has 130 valence electrons. The van der Waals surface area contributed by atoms with Crippen LogP contribution in [-0.4, -0.2) is 31.4 Å². The molecule has 0 aliphatic carbocycles. The lowest BCUT2D eigenvalue weighted by molar-refractivity contribution is 0.184. The Labute approximate surface area is 153 Å². The number of thiazole rings is 1. The Morgan fingerprint density at radius 1 is 1.08 bits per heavy atom. The lowest BCUT2D eigenvalue weighted by atomic mass is 10.2. The van der Waals surface area contributed by atoms with E-state index in [-0.39, 0.29) is 11.6 Å². The lowest BCUT2D eigenvalue weighted by Crippen LogP contribution is -2.34. The van der Waals surface area contributed by atoms with Crippen LogP contribution < -0.4 is 5.56 Å². The van der Waals surface area contributed by atoms with Gasteiger partial charge in [0.2, 0.25) is 0 Å². The first-order chi connectivity index (χ1) is 12.8. The van der Waals surface area contributed by atoms with Crippen molar-refractivity contribution in [2.45, 2.75) is 25.6 Å². The van der Waals surface area contributed by atoms with Crippen molar-refractivity contribution in [3.8, 4) is 0 Å². The van der Waals surface area contributed by atoms with Crippen LogP contribution in [0, 0.1) is 0 Å². The van der Waals surface area contributed by atoms with Crippen LogP contribution in [0.5, 0.6) is 0 Å². The first-order valence-electron chi connectivity index (χ1n) is 8.72. The highest BCUT2D eigenvalue weighted by molar-refractivity contribution is 7.18. The summed E-state index contributed by atoms with van der Waals surface area (Å²) < 4.78 is 2.67. The predicted octanol–water partition coefficient (Wildman–Crippen LogP) is 3.20. The zero-order valence-electron chi connectivity index (χ0n) is 14.1. The number of nitrogens with zero attached hydrogens (tertiary/aromatic N) is 5. The van der Waals surface area contributed by atoms with Gasteiger partial charge in [0.05, 0.1) is 28.3 Å². The van der Waals surface area contributed by atoms with Gasteiger partial charge in [0, 0.05) is 6.54 Å². The minimum absolute atomic E-state index is 0.0921. The van der Waals surface area contributed by atoms with Crippen molar-refractivity contribution < 1.29 is 0 Å². The van der Waals surface area contributed by atoms with Gasteiger partial charge < -0.3 is 0 Å². The summed E-state index contributed by atoms with van der Waals surface area (Å²) in [7, 11) is 0. The average Bonchev–Trinajstić information content (AvgIpc) is 3.30. The smallest absolute Gasteiger partial charge is 0.275 e. The molecule has 1 aliphatic heterocycles. The fourth-order valence-electron chi connectivity index (χ4n) is 3.60. The van der Waals surface area contributed by atoms with Crippen molar-refractivity contribution in [3.05, 3.63) is 63.9 Å². The molecule has 3 heterocycles. The number of aromatic nitrogens is 4. The van der Waals surface area contributed by atoms with Gasteiger partial charge >= 0.3 is 0 Å². The first-order valence-corrected chi connectivity index (χ1v) is 9.53. The van der Waals surface area contributed by atoms with E-state index in [1.807, 2.05) is 36.4 Å². The van der Waals surface area contributed by atoms with Crippen molar-refractivity contribution in [1.82, 2.24) is 24.9 Å². The summed E-state index contributed by atoms with van der Waals surface area (Å²) in [5.41, 5.74) is 1.59. The highest BCUT2D eigenvalue weighted by Gasteiger charge is 2.29. The fourth-order valence-corrected chi connectivity index (χ4v) is 4.73. The summed E-state index contributed by atoms with van der Waals surface area (Å²) in [6.07, 6.45) is 2.14. The van der Waals surface area contributed by atoms with Crippen molar-refractivity contribution in [2.24, 2.45) is 0 Å². The number of hydrogen-bond acceptors (Lipinski definition) is 6. The van der Waals surface area contributed by atoms with Crippen LogP contribution in [0.1, 0.15) is 23.9 Å². The van der Waals surface area contributed by atoms with E-state index in [1.54, 1.807) is 17.4 Å². The van der Waals surface area contributed by atoms with Gasteiger partial charge in [-0.25, -0.2) is 4.98 Å². The molecule has 2 aromatic carbocycles. The molecule has 1 aliphatic rings. The largest absolute Gasteiger partial charge is 0.278 e. The number of likely N-dealkylation sites (tertiary alicyclic amines) is 1. The summed E-state index contributed by atoms with van der Waals surface area (Å²) in [4.78, 5) is 19.8. The Kier molecular flexibility index (Phi) is 3.76. The SMILES string of the molecule is O=c1c2ccccc2nnn1CN1CCC[C@H]1c1nc2ccccc2s1. The molecule has 6 nitrogen and oxygen atoms in total. The van der Waals surface area contributed by atoms with Crippen molar-refractivity contribution in [2.75, 3.05) is 6.54 Å². The van der Waals surface area contributed by atoms with Crippen molar-refractivity contribution >= 4 is 32.5 Å². The molecule has 5 rings (SSSR count). The van der Waals surface area contributed by atoms with Gasteiger partial charge in [-0.3, -0.25) is 9.69 Å². The monoisotopic (exact) mass is 363 g/mol. The standard InChI is InChI=1S/C19H17N5OS/c25-19-13-6-1-2-7-14(13)21-22-24(19)12-23-11-5-9-16(23)18-20-15-8-3-4-10-17(15)26-18/h1-4,6-8,10,16H,5,9,11-12H2/t16-/m0/s1. The van der Waals surface area contributed by atoms with Gasteiger partial charge in [-0.05, 0) is 37.1 Å². The average molecular weight is 363 g/mol. The molecular formula is C19H17N5OS. The molecule has 1 fully saturated rings. The third-order valence-electron chi connectivity index (χ3n) is 4.90. The molecule has 1 atom stereocenters. The van der Waals surface area contributed by atoms with Crippen LogP contribution in [-0.2, 0) is 6.67 Å². The van der Waals surface area contributed by atoms with Crippen molar-refractivity contribution in [1.29, 1.82) is 0 Å². The van der Waals surface area contributed by atoms with E-state index in [0.717, 1.165) is 29.9 Å². The van der Waals surface area contributed by atoms with E-state index >= 15 is 0 Å². The van der Waals surface area contributed by atoms with Gasteiger partial charge in [0.1, 0.15) is 10.5 Å². The van der Waals surface area contributed by atoms with E-state index in [2.05, 4.69) is 21.3 Å². The third-order valence-corrected chi connectivity index (χ3v) is 6.04. The zero-order valence-corrected chi connectivity index (χ0v) is 14.9. The molecule has 0 N–H and O–H groups in total. The summed E-state index contributed by atoms with van der Waals surface area (Å²) in [5.74, 6) is 0. The Balaban J connectivity index is 1.48. The quantitative estimate of drug-likeness (QED) is 0.559. The Morgan fingerprint density at radius 2 is 1.88 bits per heavy atom. The van der Waals surface area contributed by atoms with Gasteiger partial charge in [-0.1, -0.05) is 29.5 Å². The number of hydrogen-bond donors (Lipinski definition) is 0. The molecular weight excluding hydrogens is 346 g/mol. The summed E-state index contributed by atoms with van der Waals surface area (Å²) in [5, 5.41) is 10.1. The van der Waals surface area contributed by atoms with E-state index < -0.39 is 0 Å². The van der Waals surface area contributed by atoms with Crippen molar-refractivity contribution in [3.63, 3.8) is 0 Å². The Bertz CT molecular complexity index is 1120. The zero-order chi connectivity index (χ0) is 17.5. The van der Waals surface area contributed by atoms with Crippen LogP contribution in [0.2, 0.25) is 0 Å². The molecule has 1 saturated heterocycles. The first kappa shape index (κ1) is 15.6. The van der Waals surface area contributed by atoms with Gasteiger partial charge in [0.15, 0.2) is 0 Å². The molecule has 0 spiro atoms. The second kappa shape index (κ2) is 6.26. The van der Waals surface area contributed by atoms with Crippen LogP contribution in [0.4, 0.5) is 0 Å². The summed E-state index contributed by atoms with van der Waals surface area (Å²) in [6.45, 7) is 1.37. The number of rotatable bonds is 3. The molecule has 0 radical (unpaired) electrons. The molecule has 7 heteroatoms. The molecule has 0 saturated carbocycles. The van der Waals surface area contributed by atoms with E-state index in [1.165, 1.54) is 9.38 Å². The Morgan fingerprint density at radius 3 is 2.77 bits per heavy atom. The van der Waals surface area contributed by atoms with Gasteiger partial charge in [-0.2, -0.15) is 4.68 Å². The van der Waals surface area contributed by atoms with E-state index in [0.29, 0.717) is 17.6 Å². The minimum atomic E-state index is -0.0921. The molecule has 0 amide bonds. The fraction of sp³-hybridized carbons (Fsp3) is 0.263. The summed E-state index contributed by atoms with van der Waals surface area (Å²) >= 11 is 1.74. The summed E-state index contributed by atoms with van der Waals surface area (Å²) in [6, 6.07) is 15.8. The molecule has 2 aromatic heterocycles. The molecule has 0 bridgehead atoms. The van der Waals surface area contributed by atoms with E-state index in [9.17, 15) is 4.79 Å². The maximum Gasteiger partial charge on any atom is 0.278 e. The van der Waals surface area contributed by atoms with Crippen LogP contribution in [0.15, 0.2) is 53.3 Å². The number of para-hydroxylation sites is 1. The second-order valence-corrected chi connectivity index (χ2v) is 7.61. The van der Waals surface area contributed by atoms with Gasteiger partial charge in [0.25, 0.3) is 5.56 Å². The maximum absolute atomic E-state index is 12.7. The van der Waals surface area contributed by atoms with E-state index in [4.69, 9.17) is 4.98 Å². The molecule has 0 unspecified atom stereocenters. The Hall–Kier alpha value is -2.64.